The number of nitrogens with one attached hydrogen (secondary N) is 2. The van der Waals surface area contributed by atoms with E-state index in [0.717, 1.165) is 6.54 Å². The molecule has 0 rings (SSSR count). The van der Waals surface area contributed by atoms with E-state index in [1.807, 2.05) is 27.9 Å². The monoisotopic (exact) mass is 287 g/mol. The molecule has 0 aliphatic heterocycles. The van der Waals surface area contributed by atoms with Crippen molar-refractivity contribution in [3.05, 3.63) is 0 Å². The first kappa shape index (κ1) is 18.7. The molecule has 0 aromatic carbocycles. The zero-order valence-corrected chi connectivity index (χ0v) is 13.5. The summed E-state index contributed by atoms with van der Waals surface area (Å²) >= 11 is 0. The SMILES string of the molecule is CC(C)C(CNC(=O)NCC(C)(C)CN(C)C)C(=O)O. The number of urea groups is 1. The molecule has 6 nitrogen and oxygen atoms in total. The summed E-state index contributed by atoms with van der Waals surface area (Å²) in [5, 5.41) is 14.5. The number of amides is 2. The molecule has 6 heteroatoms. The number of aliphatic carboxylic acids is 1. The fourth-order valence-corrected chi connectivity index (χ4v) is 2.10. The Morgan fingerprint density at radius 3 is 2.15 bits per heavy atom. The van der Waals surface area contributed by atoms with E-state index in [-0.39, 0.29) is 23.9 Å². The average molecular weight is 287 g/mol. The number of carboxylic acids is 1. The van der Waals surface area contributed by atoms with Crippen molar-refractivity contribution in [1.82, 2.24) is 15.5 Å². The molecule has 118 valence electrons. The van der Waals surface area contributed by atoms with Gasteiger partial charge in [0, 0.05) is 19.6 Å². The van der Waals surface area contributed by atoms with Gasteiger partial charge in [-0.25, -0.2) is 4.79 Å². The van der Waals surface area contributed by atoms with E-state index >= 15 is 0 Å². The van der Waals surface area contributed by atoms with Gasteiger partial charge >= 0.3 is 12.0 Å². The summed E-state index contributed by atoms with van der Waals surface area (Å²) in [6.45, 7) is 9.35. The first-order chi connectivity index (χ1) is 9.05. The highest BCUT2D eigenvalue weighted by molar-refractivity contribution is 5.75. The van der Waals surface area contributed by atoms with Crippen molar-refractivity contribution in [2.45, 2.75) is 27.7 Å². The van der Waals surface area contributed by atoms with Crippen LogP contribution in [0.2, 0.25) is 0 Å². The third kappa shape index (κ3) is 7.99. The van der Waals surface area contributed by atoms with E-state index in [0.29, 0.717) is 6.54 Å². The number of carbonyl (C=O) groups excluding carboxylic acids is 1. The quantitative estimate of drug-likeness (QED) is 0.627. The summed E-state index contributed by atoms with van der Waals surface area (Å²) in [6.07, 6.45) is 0. The minimum absolute atomic E-state index is 0.0158. The van der Waals surface area contributed by atoms with Gasteiger partial charge in [0.15, 0.2) is 0 Å². The van der Waals surface area contributed by atoms with Crippen molar-refractivity contribution in [2.75, 3.05) is 33.7 Å². The molecule has 0 aromatic rings. The van der Waals surface area contributed by atoms with Crippen molar-refractivity contribution >= 4 is 12.0 Å². The third-order valence-electron chi connectivity index (χ3n) is 3.08. The Bertz CT molecular complexity index is 328. The highest BCUT2D eigenvalue weighted by Gasteiger charge is 2.23. The molecule has 0 aliphatic carbocycles. The molecule has 1 atom stereocenters. The molecular weight excluding hydrogens is 258 g/mol. The maximum atomic E-state index is 11.7. The van der Waals surface area contributed by atoms with Gasteiger partial charge in [0.2, 0.25) is 0 Å². The topological polar surface area (TPSA) is 81.7 Å². The Kier molecular flexibility index (Phi) is 7.57. The molecule has 20 heavy (non-hydrogen) atoms. The zero-order chi connectivity index (χ0) is 15.9. The van der Waals surface area contributed by atoms with E-state index in [2.05, 4.69) is 29.4 Å². The largest absolute Gasteiger partial charge is 0.481 e. The predicted octanol–water partition coefficient (Wildman–Crippen LogP) is 1.23. The van der Waals surface area contributed by atoms with Gasteiger partial charge in [-0.2, -0.15) is 0 Å². The standard InChI is InChI=1S/C14H29N3O3/c1-10(2)11(12(18)19)7-15-13(20)16-8-14(3,4)9-17(5)6/h10-11H,7-9H2,1-6H3,(H,18,19)(H2,15,16,20). The van der Waals surface area contributed by atoms with Crippen LogP contribution in [0, 0.1) is 17.3 Å². The van der Waals surface area contributed by atoms with E-state index in [1.54, 1.807) is 0 Å². The Morgan fingerprint density at radius 1 is 1.20 bits per heavy atom. The second kappa shape index (κ2) is 8.09. The maximum absolute atomic E-state index is 11.7. The second-order valence-electron chi connectivity index (χ2n) is 6.65. The van der Waals surface area contributed by atoms with Crippen LogP contribution in [0.25, 0.3) is 0 Å². The Hall–Kier alpha value is -1.30. The maximum Gasteiger partial charge on any atom is 0.314 e. The van der Waals surface area contributed by atoms with Crippen LogP contribution in [-0.2, 0) is 4.79 Å². The van der Waals surface area contributed by atoms with Crippen LogP contribution in [0.4, 0.5) is 4.79 Å². The summed E-state index contributed by atoms with van der Waals surface area (Å²) < 4.78 is 0. The van der Waals surface area contributed by atoms with Crippen LogP contribution in [0.3, 0.4) is 0 Å². The van der Waals surface area contributed by atoms with Gasteiger partial charge in [-0.1, -0.05) is 27.7 Å². The molecule has 0 fully saturated rings. The smallest absolute Gasteiger partial charge is 0.314 e. The second-order valence-corrected chi connectivity index (χ2v) is 6.65. The lowest BCUT2D eigenvalue weighted by atomic mass is 9.93. The van der Waals surface area contributed by atoms with Crippen molar-refractivity contribution < 1.29 is 14.7 Å². The molecule has 0 aliphatic rings. The molecular formula is C14H29N3O3. The van der Waals surface area contributed by atoms with Gasteiger partial charge in [0.25, 0.3) is 0 Å². The van der Waals surface area contributed by atoms with Gasteiger partial charge in [0.05, 0.1) is 5.92 Å². The summed E-state index contributed by atoms with van der Waals surface area (Å²) in [5.41, 5.74) is -0.0366. The minimum atomic E-state index is -0.881. The minimum Gasteiger partial charge on any atom is -0.481 e. The summed E-state index contributed by atoms with van der Waals surface area (Å²) in [5.74, 6) is -1.46. The first-order valence-corrected chi connectivity index (χ1v) is 6.94. The van der Waals surface area contributed by atoms with Crippen molar-refractivity contribution in [2.24, 2.45) is 17.3 Å². The summed E-state index contributed by atoms with van der Waals surface area (Å²) in [6, 6.07) is -0.316. The van der Waals surface area contributed by atoms with Crippen LogP contribution in [0.1, 0.15) is 27.7 Å². The third-order valence-corrected chi connectivity index (χ3v) is 3.08. The fourth-order valence-electron chi connectivity index (χ4n) is 2.10. The normalized spacial score (nSPS) is 13.4. The van der Waals surface area contributed by atoms with Crippen LogP contribution in [-0.4, -0.2) is 55.7 Å². The lowest BCUT2D eigenvalue weighted by Gasteiger charge is -2.28. The molecule has 0 spiro atoms. The molecule has 0 saturated heterocycles. The fraction of sp³-hybridized carbons (Fsp3) is 0.857. The molecule has 0 bridgehead atoms. The lowest BCUT2D eigenvalue weighted by Crippen LogP contribution is -2.46. The average Bonchev–Trinajstić information content (AvgIpc) is 2.24. The highest BCUT2D eigenvalue weighted by Crippen LogP contribution is 2.14. The van der Waals surface area contributed by atoms with Crippen LogP contribution in [0.15, 0.2) is 0 Å². The Balaban J connectivity index is 4.15. The van der Waals surface area contributed by atoms with Crippen LogP contribution in [0.5, 0.6) is 0 Å². The molecule has 3 N–H and O–H groups in total. The van der Waals surface area contributed by atoms with Gasteiger partial charge in [-0.05, 0) is 25.4 Å². The Labute approximate surface area is 121 Å². The number of hydrogen-bond donors (Lipinski definition) is 3. The molecule has 1 unspecified atom stereocenters. The van der Waals surface area contributed by atoms with E-state index in [1.165, 1.54) is 0 Å². The van der Waals surface area contributed by atoms with Crippen molar-refractivity contribution in [3.8, 4) is 0 Å². The van der Waals surface area contributed by atoms with Crippen molar-refractivity contribution in [1.29, 1.82) is 0 Å². The molecule has 0 aromatic heterocycles. The summed E-state index contributed by atoms with van der Waals surface area (Å²) in [7, 11) is 3.98. The number of rotatable bonds is 8. The van der Waals surface area contributed by atoms with Crippen LogP contribution >= 0.6 is 0 Å². The number of carboxylic acid groups (broad SMARTS) is 1. The molecule has 0 saturated carbocycles. The van der Waals surface area contributed by atoms with Gasteiger partial charge in [-0.15, -0.1) is 0 Å². The Morgan fingerprint density at radius 2 is 1.75 bits per heavy atom. The number of carbonyl (C=O) groups is 2. The van der Waals surface area contributed by atoms with Crippen LogP contribution < -0.4 is 10.6 Å². The van der Waals surface area contributed by atoms with E-state index in [4.69, 9.17) is 5.11 Å². The number of nitrogens with zero attached hydrogens (tertiary/aromatic N) is 1. The molecule has 0 radical (unpaired) electrons. The predicted molar refractivity (Wildman–Crippen MR) is 79.7 cm³/mol. The summed E-state index contributed by atoms with van der Waals surface area (Å²) in [4.78, 5) is 24.8. The molecule has 0 heterocycles. The lowest BCUT2D eigenvalue weighted by molar-refractivity contribution is -0.142. The van der Waals surface area contributed by atoms with E-state index in [9.17, 15) is 9.59 Å². The number of hydrogen-bond acceptors (Lipinski definition) is 3. The van der Waals surface area contributed by atoms with Gasteiger partial charge in [0.1, 0.15) is 0 Å². The van der Waals surface area contributed by atoms with Crippen molar-refractivity contribution in [3.63, 3.8) is 0 Å². The van der Waals surface area contributed by atoms with Gasteiger partial charge in [-0.3, -0.25) is 4.79 Å². The zero-order valence-electron chi connectivity index (χ0n) is 13.5. The molecule has 2 amide bonds. The van der Waals surface area contributed by atoms with E-state index < -0.39 is 11.9 Å². The highest BCUT2D eigenvalue weighted by atomic mass is 16.4. The first-order valence-electron chi connectivity index (χ1n) is 6.94. The van der Waals surface area contributed by atoms with Gasteiger partial charge < -0.3 is 20.6 Å².